The molecule has 2 unspecified atom stereocenters. The fourth-order valence-electron chi connectivity index (χ4n) is 3.70. The third-order valence-electron chi connectivity index (χ3n) is 5.54. The van der Waals surface area contributed by atoms with Crippen LogP contribution in [0.2, 0.25) is 0 Å². The highest BCUT2D eigenvalue weighted by Crippen LogP contribution is 2.21. The van der Waals surface area contributed by atoms with Gasteiger partial charge in [-0.2, -0.15) is 0 Å². The number of hydrogen-bond donors (Lipinski definition) is 2. The summed E-state index contributed by atoms with van der Waals surface area (Å²) in [7, 11) is 0. The van der Waals surface area contributed by atoms with Crippen molar-refractivity contribution in [1.82, 2.24) is 5.32 Å². The Morgan fingerprint density at radius 3 is 2.04 bits per heavy atom. The lowest BCUT2D eigenvalue weighted by Crippen LogP contribution is -2.31. The molecule has 0 aliphatic rings. The van der Waals surface area contributed by atoms with Crippen molar-refractivity contribution in [3.05, 3.63) is 0 Å². The van der Waals surface area contributed by atoms with Crippen LogP contribution in [-0.4, -0.2) is 36.9 Å². The second kappa shape index (κ2) is 21.1. The van der Waals surface area contributed by atoms with Crippen molar-refractivity contribution in [2.75, 3.05) is 19.8 Å². The largest absolute Gasteiger partial charge is 0.465 e. The number of carbonyl (C=O) groups excluding carboxylic acids is 1. The Labute approximate surface area is 175 Å². The predicted molar refractivity (Wildman–Crippen MR) is 120 cm³/mol. The molecule has 4 nitrogen and oxygen atoms in total. The maximum Gasteiger partial charge on any atom is 0.308 e. The van der Waals surface area contributed by atoms with Gasteiger partial charge in [0.05, 0.1) is 19.1 Å². The van der Waals surface area contributed by atoms with Crippen molar-refractivity contribution >= 4 is 5.97 Å². The zero-order valence-electron chi connectivity index (χ0n) is 19.1. The minimum Gasteiger partial charge on any atom is -0.465 e. The Bertz CT molecular complexity index is 328. The van der Waals surface area contributed by atoms with E-state index < -0.39 is 0 Å². The molecule has 0 rings (SSSR count). The van der Waals surface area contributed by atoms with Gasteiger partial charge in [0.25, 0.3) is 0 Å². The second-order valence-corrected chi connectivity index (χ2v) is 8.22. The summed E-state index contributed by atoms with van der Waals surface area (Å²) in [4.78, 5) is 12.6. The normalized spacial score (nSPS) is 13.4. The Morgan fingerprint density at radius 1 is 0.786 bits per heavy atom. The molecule has 2 N–H and O–H groups in total. The van der Waals surface area contributed by atoms with Gasteiger partial charge in [0.15, 0.2) is 0 Å². The predicted octanol–water partition coefficient (Wildman–Crippen LogP) is 6.01. The van der Waals surface area contributed by atoms with E-state index in [2.05, 4.69) is 26.1 Å². The molecular formula is C24H49NO3. The molecule has 0 saturated heterocycles. The maximum absolute atomic E-state index is 12.6. The highest BCUT2D eigenvalue weighted by molar-refractivity contribution is 5.72. The van der Waals surface area contributed by atoms with Gasteiger partial charge in [-0.25, -0.2) is 0 Å². The number of esters is 1. The lowest BCUT2D eigenvalue weighted by molar-refractivity contribution is -0.149. The third kappa shape index (κ3) is 16.4. The van der Waals surface area contributed by atoms with Gasteiger partial charge in [0.2, 0.25) is 0 Å². The summed E-state index contributed by atoms with van der Waals surface area (Å²) in [6, 6.07) is 0.456. The zero-order valence-corrected chi connectivity index (χ0v) is 19.1. The number of aliphatic hydroxyl groups is 1. The average Bonchev–Trinajstić information content (AvgIpc) is 2.70. The van der Waals surface area contributed by atoms with E-state index in [1.54, 1.807) is 0 Å². The highest BCUT2D eigenvalue weighted by Gasteiger charge is 2.20. The summed E-state index contributed by atoms with van der Waals surface area (Å²) in [6.07, 6.45) is 17.0. The average molecular weight is 400 g/mol. The minimum atomic E-state index is 0.0291. The van der Waals surface area contributed by atoms with Gasteiger partial charge in [-0.1, -0.05) is 85.0 Å². The molecular weight excluding hydrogens is 350 g/mol. The van der Waals surface area contributed by atoms with Gasteiger partial charge in [-0.3, -0.25) is 4.79 Å². The van der Waals surface area contributed by atoms with Crippen molar-refractivity contribution in [2.45, 2.75) is 123 Å². The second-order valence-electron chi connectivity index (χ2n) is 8.22. The van der Waals surface area contributed by atoms with Crippen LogP contribution in [0.4, 0.5) is 0 Å². The van der Waals surface area contributed by atoms with Crippen LogP contribution in [0.5, 0.6) is 0 Å². The van der Waals surface area contributed by atoms with Gasteiger partial charge in [0.1, 0.15) is 0 Å². The summed E-state index contributed by atoms with van der Waals surface area (Å²) in [6.45, 7) is 8.06. The molecule has 0 aromatic carbocycles. The van der Waals surface area contributed by atoms with Gasteiger partial charge >= 0.3 is 5.97 Å². The van der Waals surface area contributed by atoms with E-state index in [4.69, 9.17) is 9.84 Å². The van der Waals surface area contributed by atoms with Crippen molar-refractivity contribution in [1.29, 1.82) is 0 Å². The number of carbonyl (C=O) groups is 1. The van der Waals surface area contributed by atoms with E-state index in [-0.39, 0.29) is 18.5 Å². The first kappa shape index (κ1) is 27.4. The first-order valence-electron chi connectivity index (χ1n) is 12.2. The summed E-state index contributed by atoms with van der Waals surface area (Å²) in [5, 5.41) is 12.5. The van der Waals surface area contributed by atoms with Crippen LogP contribution >= 0.6 is 0 Å². The van der Waals surface area contributed by atoms with Crippen LogP contribution in [0.25, 0.3) is 0 Å². The van der Waals surface area contributed by atoms with E-state index in [0.29, 0.717) is 19.2 Å². The number of nitrogens with one attached hydrogen (secondary N) is 1. The van der Waals surface area contributed by atoms with E-state index in [0.717, 1.165) is 51.4 Å². The van der Waals surface area contributed by atoms with Gasteiger partial charge in [-0.05, 0) is 32.1 Å². The molecule has 0 aromatic heterocycles. The number of unbranched alkanes of at least 4 members (excludes halogenated alkanes) is 7. The van der Waals surface area contributed by atoms with Crippen molar-refractivity contribution < 1.29 is 14.6 Å². The van der Waals surface area contributed by atoms with E-state index in [1.165, 1.54) is 44.9 Å². The molecule has 28 heavy (non-hydrogen) atoms. The molecule has 0 amide bonds. The lowest BCUT2D eigenvalue weighted by Gasteiger charge is -2.20. The molecule has 0 radical (unpaired) electrons. The number of ether oxygens (including phenoxy) is 1. The smallest absolute Gasteiger partial charge is 0.308 e. The summed E-state index contributed by atoms with van der Waals surface area (Å²) in [5.74, 6) is 0.0918. The van der Waals surface area contributed by atoms with Gasteiger partial charge in [-0.15, -0.1) is 0 Å². The first-order chi connectivity index (χ1) is 13.7. The van der Waals surface area contributed by atoms with Crippen molar-refractivity contribution in [3.63, 3.8) is 0 Å². The monoisotopic (exact) mass is 399 g/mol. The molecule has 0 saturated carbocycles. The Balaban J connectivity index is 4.36. The summed E-state index contributed by atoms with van der Waals surface area (Å²) < 4.78 is 5.61. The topological polar surface area (TPSA) is 58.6 Å². The molecule has 4 heteroatoms. The molecule has 0 aromatic rings. The van der Waals surface area contributed by atoms with Crippen LogP contribution < -0.4 is 5.32 Å². The molecule has 0 spiro atoms. The molecule has 2 atom stereocenters. The van der Waals surface area contributed by atoms with Crippen molar-refractivity contribution in [3.8, 4) is 0 Å². The molecule has 0 aliphatic carbocycles. The van der Waals surface area contributed by atoms with E-state index in [9.17, 15) is 4.79 Å². The fraction of sp³-hybridized carbons (Fsp3) is 0.958. The minimum absolute atomic E-state index is 0.0291. The molecule has 0 aliphatic heterocycles. The molecule has 168 valence electrons. The summed E-state index contributed by atoms with van der Waals surface area (Å²) >= 11 is 0. The van der Waals surface area contributed by atoms with Gasteiger partial charge < -0.3 is 15.2 Å². The molecule has 0 bridgehead atoms. The molecule has 0 fully saturated rings. The van der Waals surface area contributed by atoms with Gasteiger partial charge in [0, 0.05) is 12.6 Å². The van der Waals surface area contributed by atoms with Crippen LogP contribution in [-0.2, 0) is 9.53 Å². The SMILES string of the molecule is CCCCCCOC(=O)C(CCCCCC)CCCC(CCCC)NCCO. The zero-order chi connectivity index (χ0) is 20.9. The van der Waals surface area contributed by atoms with E-state index in [1.807, 2.05) is 0 Å². The molecule has 0 heterocycles. The number of aliphatic hydroxyl groups excluding tert-OH is 1. The Hall–Kier alpha value is -0.610. The lowest BCUT2D eigenvalue weighted by atomic mass is 9.93. The summed E-state index contributed by atoms with van der Waals surface area (Å²) in [5.41, 5.74) is 0. The Kier molecular flexibility index (Phi) is 20.6. The maximum atomic E-state index is 12.6. The fourth-order valence-corrected chi connectivity index (χ4v) is 3.70. The van der Waals surface area contributed by atoms with Crippen LogP contribution in [0, 0.1) is 5.92 Å². The first-order valence-corrected chi connectivity index (χ1v) is 12.2. The van der Waals surface area contributed by atoms with E-state index >= 15 is 0 Å². The van der Waals surface area contributed by atoms with Crippen LogP contribution in [0.3, 0.4) is 0 Å². The number of rotatable bonds is 21. The quantitative estimate of drug-likeness (QED) is 0.183. The number of hydrogen-bond acceptors (Lipinski definition) is 4. The Morgan fingerprint density at radius 2 is 1.39 bits per heavy atom. The third-order valence-corrected chi connectivity index (χ3v) is 5.54. The standard InChI is InChI=1S/C24H49NO3/c1-4-7-10-12-15-22(24(27)28-21-13-11-8-5-2)16-14-18-23(17-9-6-3)25-19-20-26/h22-23,25-26H,4-21H2,1-3H3. The van der Waals surface area contributed by atoms with Crippen LogP contribution in [0.1, 0.15) is 117 Å². The van der Waals surface area contributed by atoms with Crippen LogP contribution in [0.15, 0.2) is 0 Å². The van der Waals surface area contributed by atoms with Crippen molar-refractivity contribution in [2.24, 2.45) is 5.92 Å². The highest BCUT2D eigenvalue weighted by atomic mass is 16.5.